The van der Waals surface area contributed by atoms with E-state index in [9.17, 15) is 0 Å². The van der Waals surface area contributed by atoms with Crippen LogP contribution in [0.1, 0.15) is 16.7 Å². The molecule has 2 N–H and O–H groups in total. The summed E-state index contributed by atoms with van der Waals surface area (Å²) in [5.41, 5.74) is 10.7. The summed E-state index contributed by atoms with van der Waals surface area (Å²) in [5.74, 6) is 0.928. The molecule has 1 aromatic heterocycles. The number of aryl methyl sites for hydroxylation is 1. The number of hydrogen-bond donors (Lipinski definition) is 1. The van der Waals surface area contributed by atoms with Crippen LogP contribution in [-0.2, 0) is 12.3 Å². The summed E-state index contributed by atoms with van der Waals surface area (Å²) in [7, 11) is 0. The molecule has 0 aliphatic carbocycles. The number of fused-ring (bicyclic) bond motifs is 1. The molecule has 3 rings (SSSR count). The largest absolute Gasteiger partial charge is 0.326 e. The Hall–Kier alpha value is -1.84. The predicted molar refractivity (Wildman–Crippen MR) is 90.4 cm³/mol. The second-order valence-electron chi connectivity index (χ2n) is 5.12. The van der Waals surface area contributed by atoms with E-state index in [-0.39, 0.29) is 0 Å². The maximum atomic E-state index is 5.87. The summed E-state index contributed by atoms with van der Waals surface area (Å²) in [6.07, 6.45) is 0. The summed E-state index contributed by atoms with van der Waals surface area (Å²) in [6, 6.07) is 18.9. The topological polar surface area (TPSA) is 38.9 Å². The van der Waals surface area contributed by atoms with Gasteiger partial charge in [0.05, 0.1) is 10.5 Å². The molecule has 1 heterocycles. The number of benzene rings is 2. The predicted octanol–water partition coefficient (Wildman–Crippen LogP) is 4.29. The summed E-state index contributed by atoms with van der Waals surface area (Å²) in [5, 5.41) is 2.19. The highest BCUT2D eigenvalue weighted by molar-refractivity contribution is 7.98. The van der Waals surface area contributed by atoms with E-state index in [1.165, 1.54) is 11.1 Å². The van der Waals surface area contributed by atoms with Crippen LogP contribution >= 0.6 is 11.8 Å². The third-order valence-corrected chi connectivity index (χ3v) is 4.45. The lowest BCUT2D eigenvalue weighted by atomic mass is 10.1. The van der Waals surface area contributed by atoms with Crippen LogP contribution in [0.2, 0.25) is 0 Å². The molecule has 0 amide bonds. The Balaban J connectivity index is 1.87. The van der Waals surface area contributed by atoms with Gasteiger partial charge in [-0.1, -0.05) is 48.0 Å². The van der Waals surface area contributed by atoms with Gasteiger partial charge in [0.25, 0.3) is 0 Å². The van der Waals surface area contributed by atoms with E-state index in [0.29, 0.717) is 6.54 Å². The van der Waals surface area contributed by atoms with Gasteiger partial charge >= 0.3 is 0 Å². The molecule has 0 saturated heterocycles. The van der Waals surface area contributed by atoms with Crippen LogP contribution in [0.3, 0.4) is 0 Å². The number of para-hydroxylation sites is 1. The van der Waals surface area contributed by atoms with Gasteiger partial charge < -0.3 is 5.73 Å². The molecule has 2 aromatic carbocycles. The number of pyridine rings is 1. The summed E-state index contributed by atoms with van der Waals surface area (Å²) in [6.45, 7) is 2.66. The Morgan fingerprint density at radius 3 is 2.71 bits per heavy atom. The van der Waals surface area contributed by atoms with Crippen molar-refractivity contribution in [1.29, 1.82) is 0 Å². The Bertz CT molecular complexity index is 768. The molecule has 0 bridgehead atoms. The first-order valence-electron chi connectivity index (χ1n) is 7.03. The van der Waals surface area contributed by atoms with Crippen molar-refractivity contribution in [3.63, 3.8) is 0 Å². The normalized spacial score (nSPS) is 11.0. The molecule has 0 unspecified atom stereocenters. The van der Waals surface area contributed by atoms with E-state index in [4.69, 9.17) is 10.7 Å². The van der Waals surface area contributed by atoms with Crippen molar-refractivity contribution in [2.45, 2.75) is 24.2 Å². The van der Waals surface area contributed by atoms with E-state index < -0.39 is 0 Å². The summed E-state index contributed by atoms with van der Waals surface area (Å²) >= 11 is 1.76. The van der Waals surface area contributed by atoms with Crippen LogP contribution in [-0.4, -0.2) is 4.98 Å². The first-order valence-corrected chi connectivity index (χ1v) is 8.02. The Morgan fingerprint density at radius 1 is 1.05 bits per heavy atom. The quantitative estimate of drug-likeness (QED) is 0.729. The van der Waals surface area contributed by atoms with Crippen molar-refractivity contribution >= 4 is 22.7 Å². The second kappa shape index (κ2) is 6.29. The van der Waals surface area contributed by atoms with Gasteiger partial charge in [-0.15, -0.1) is 11.8 Å². The molecule has 0 fully saturated rings. The number of nitrogens with two attached hydrogens (primary N) is 1. The first-order chi connectivity index (χ1) is 10.3. The van der Waals surface area contributed by atoms with E-state index in [1.54, 1.807) is 11.8 Å². The van der Waals surface area contributed by atoms with Crippen LogP contribution < -0.4 is 5.73 Å². The molecule has 3 aromatic rings. The van der Waals surface area contributed by atoms with Crippen LogP contribution in [0, 0.1) is 6.92 Å². The van der Waals surface area contributed by atoms with Gasteiger partial charge in [0.2, 0.25) is 0 Å². The molecule has 0 aliphatic heterocycles. The zero-order chi connectivity index (χ0) is 14.7. The van der Waals surface area contributed by atoms with Crippen LogP contribution in [0.15, 0.2) is 59.6 Å². The molecule has 0 spiro atoms. The Morgan fingerprint density at radius 2 is 1.90 bits per heavy atom. The zero-order valence-corrected chi connectivity index (χ0v) is 12.9. The van der Waals surface area contributed by atoms with Crippen molar-refractivity contribution in [1.82, 2.24) is 4.98 Å². The maximum absolute atomic E-state index is 5.87. The molecule has 2 nitrogen and oxygen atoms in total. The summed E-state index contributed by atoms with van der Waals surface area (Å²) < 4.78 is 0. The minimum Gasteiger partial charge on any atom is -0.326 e. The van der Waals surface area contributed by atoms with Crippen molar-refractivity contribution in [2.24, 2.45) is 5.73 Å². The standard InChI is InChI=1S/C18H18N2S/c1-13-5-4-6-14(9-13)12-21-18-10-15(11-19)16-7-2-3-8-17(16)20-18/h2-10H,11-12,19H2,1H3. The third-order valence-electron chi connectivity index (χ3n) is 3.47. The zero-order valence-electron chi connectivity index (χ0n) is 12.0. The molecule has 0 saturated carbocycles. The van der Waals surface area contributed by atoms with Gasteiger partial charge in [0.15, 0.2) is 0 Å². The fourth-order valence-electron chi connectivity index (χ4n) is 2.42. The van der Waals surface area contributed by atoms with Crippen molar-refractivity contribution in [3.8, 4) is 0 Å². The lowest BCUT2D eigenvalue weighted by molar-refractivity contribution is 1.05. The lowest BCUT2D eigenvalue weighted by Crippen LogP contribution is -1.99. The highest BCUT2D eigenvalue weighted by Crippen LogP contribution is 2.26. The van der Waals surface area contributed by atoms with Crippen molar-refractivity contribution in [3.05, 3.63) is 71.3 Å². The molecule has 106 valence electrons. The maximum Gasteiger partial charge on any atom is 0.0974 e. The van der Waals surface area contributed by atoms with Gasteiger partial charge in [0.1, 0.15) is 0 Å². The van der Waals surface area contributed by atoms with Crippen LogP contribution in [0.5, 0.6) is 0 Å². The highest BCUT2D eigenvalue weighted by atomic mass is 32.2. The minimum atomic E-state index is 0.543. The molecule has 0 aliphatic rings. The first kappa shape index (κ1) is 14.1. The fourth-order valence-corrected chi connectivity index (χ4v) is 3.31. The average molecular weight is 294 g/mol. The molecular formula is C18H18N2S. The number of nitrogens with zero attached hydrogens (tertiary/aromatic N) is 1. The van der Waals surface area contributed by atoms with Gasteiger partial charge in [-0.25, -0.2) is 4.98 Å². The minimum absolute atomic E-state index is 0.543. The monoisotopic (exact) mass is 294 g/mol. The van der Waals surface area contributed by atoms with E-state index in [1.807, 2.05) is 18.2 Å². The van der Waals surface area contributed by atoms with Gasteiger partial charge in [-0.05, 0) is 30.2 Å². The molecule has 21 heavy (non-hydrogen) atoms. The number of hydrogen-bond acceptors (Lipinski definition) is 3. The molecular weight excluding hydrogens is 276 g/mol. The smallest absolute Gasteiger partial charge is 0.0974 e. The molecule has 0 atom stereocenters. The number of rotatable bonds is 4. The number of thioether (sulfide) groups is 1. The second-order valence-corrected chi connectivity index (χ2v) is 6.11. The van der Waals surface area contributed by atoms with Crippen LogP contribution in [0.4, 0.5) is 0 Å². The van der Waals surface area contributed by atoms with Gasteiger partial charge in [-0.3, -0.25) is 0 Å². The van der Waals surface area contributed by atoms with Crippen LogP contribution in [0.25, 0.3) is 10.9 Å². The van der Waals surface area contributed by atoms with E-state index in [0.717, 1.165) is 27.2 Å². The Kier molecular flexibility index (Phi) is 4.23. The summed E-state index contributed by atoms with van der Waals surface area (Å²) in [4.78, 5) is 4.73. The SMILES string of the molecule is Cc1cccc(CSc2cc(CN)c3ccccc3n2)c1. The molecule has 0 radical (unpaired) electrons. The number of aromatic nitrogens is 1. The van der Waals surface area contributed by atoms with Gasteiger partial charge in [-0.2, -0.15) is 0 Å². The third kappa shape index (κ3) is 3.26. The fraction of sp³-hybridized carbons (Fsp3) is 0.167. The average Bonchev–Trinajstić information content (AvgIpc) is 2.52. The van der Waals surface area contributed by atoms with Crippen molar-refractivity contribution < 1.29 is 0 Å². The van der Waals surface area contributed by atoms with Gasteiger partial charge in [0, 0.05) is 17.7 Å². The van der Waals surface area contributed by atoms with E-state index in [2.05, 4.69) is 43.3 Å². The van der Waals surface area contributed by atoms with E-state index >= 15 is 0 Å². The van der Waals surface area contributed by atoms with Crippen molar-refractivity contribution in [2.75, 3.05) is 0 Å². The Labute approximate surface area is 129 Å². The highest BCUT2D eigenvalue weighted by Gasteiger charge is 2.05. The lowest BCUT2D eigenvalue weighted by Gasteiger charge is -2.08. The molecule has 3 heteroatoms.